The monoisotopic (exact) mass is 410 g/mol. The number of phenols is 2. The largest absolute Gasteiger partial charge is 0.508 e. The first-order valence-electron chi connectivity index (χ1n) is 10.4. The fraction of sp³-hybridized carbons (Fsp3) is 0.391. The van der Waals surface area contributed by atoms with Crippen molar-refractivity contribution >= 4 is 0 Å². The Morgan fingerprint density at radius 1 is 1.10 bits per heavy atom. The predicted octanol–water partition coefficient (Wildman–Crippen LogP) is 3.99. The van der Waals surface area contributed by atoms with Gasteiger partial charge in [-0.25, -0.2) is 14.5 Å². The zero-order valence-electron chi connectivity index (χ0n) is 18.0. The second kappa shape index (κ2) is 9.17. The molecule has 0 aliphatic heterocycles. The molecule has 1 heterocycles. The minimum absolute atomic E-state index is 0.0209. The summed E-state index contributed by atoms with van der Waals surface area (Å²) >= 11 is 0. The molecular weight excluding hydrogens is 380 g/mol. The van der Waals surface area contributed by atoms with E-state index in [0.717, 1.165) is 26.1 Å². The van der Waals surface area contributed by atoms with Crippen molar-refractivity contribution in [1.29, 1.82) is 0 Å². The van der Waals surface area contributed by atoms with Crippen LogP contribution in [0.25, 0.3) is 17.1 Å². The third-order valence-electron chi connectivity index (χ3n) is 5.27. The van der Waals surface area contributed by atoms with Gasteiger partial charge < -0.3 is 10.2 Å². The third kappa shape index (κ3) is 4.41. The van der Waals surface area contributed by atoms with Gasteiger partial charge in [-0.3, -0.25) is 4.90 Å². The normalized spacial score (nSPS) is 11.5. The summed E-state index contributed by atoms with van der Waals surface area (Å²) < 4.78 is 1.43. The number of hydrogen-bond acceptors (Lipinski definition) is 5. The van der Waals surface area contributed by atoms with E-state index in [0.29, 0.717) is 22.6 Å². The number of benzene rings is 2. The first-order chi connectivity index (χ1) is 14.3. The number of hydrogen-bond donors (Lipinski definition) is 3. The van der Waals surface area contributed by atoms with Gasteiger partial charge in [-0.05, 0) is 54.8 Å². The van der Waals surface area contributed by atoms with Crippen molar-refractivity contribution < 1.29 is 10.2 Å². The Balaban J connectivity index is 2.00. The molecule has 0 radical (unpaired) electrons. The number of nitrogens with zero attached hydrogens (tertiary/aromatic N) is 3. The minimum Gasteiger partial charge on any atom is -0.508 e. The molecule has 3 rings (SSSR count). The molecule has 0 bridgehead atoms. The highest BCUT2D eigenvalue weighted by Gasteiger charge is 2.19. The molecule has 160 valence electrons. The second-order valence-electron chi connectivity index (χ2n) is 7.81. The van der Waals surface area contributed by atoms with E-state index in [4.69, 9.17) is 0 Å². The number of H-pyrrole nitrogens is 1. The fourth-order valence-corrected chi connectivity index (χ4v) is 3.63. The number of aromatic amines is 1. The van der Waals surface area contributed by atoms with Crippen molar-refractivity contribution in [2.75, 3.05) is 13.1 Å². The fourth-order valence-electron chi connectivity index (χ4n) is 3.63. The quantitative estimate of drug-likeness (QED) is 0.522. The molecular formula is C23H30N4O3. The van der Waals surface area contributed by atoms with Gasteiger partial charge in [-0.15, -0.1) is 0 Å². The molecule has 30 heavy (non-hydrogen) atoms. The summed E-state index contributed by atoms with van der Waals surface area (Å²) in [6.07, 6.45) is 1.11. The lowest BCUT2D eigenvalue weighted by Crippen LogP contribution is -2.23. The molecule has 0 saturated carbocycles. The van der Waals surface area contributed by atoms with Crippen LogP contribution in [-0.2, 0) is 6.54 Å². The van der Waals surface area contributed by atoms with Gasteiger partial charge in [-0.2, -0.15) is 5.10 Å². The van der Waals surface area contributed by atoms with E-state index in [1.807, 2.05) is 38.1 Å². The molecule has 0 aliphatic rings. The highest BCUT2D eigenvalue weighted by Crippen LogP contribution is 2.37. The van der Waals surface area contributed by atoms with Gasteiger partial charge in [0.05, 0.1) is 11.3 Å². The zero-order valence-corrected chi connectivity index (χ0v) is 18.0. The smallest absolute Gasteiger partial charge is 0.348 e. The van der Waals surface area contributed by atoms with Gasteiger partial charge in [0.1, 0.15) is 11.5 Å². The molecule has 0 saturated heterocycles. The Morgan fingerprint density at radius 3 is 2.40 bits per heavy atom. The van der Waals surface area contributed by atoms with Gasteiger partial charge in [0.25, 0.3) is 0 Å². The van der Waals surface area contributed by atoms with Gasteiger partial charge in [0.2, 0.25) is 0 Å². The van der Waals surface area contributed by atoms with Crippen molar-refractivity contribution in [3.8, 4) is 28.6 Å². The number of aromatic nitrogens is 3. The molecule has 7 nitrogen and oxygen atoms in total. The lowest BCUT2D eigenvalue weighted by molar-refractivity contribution is 0.280. The zero-order chi connectivity index (χ0) is 21.8. The highest BCUT2D eigenvalue weighted by atomic mass is 16.3. The maximum Gasteiger partial charge on any atom is 0.348 e. The van der Waals surface area contributed by atoms with Gasteiger partial charge in [0.15, 0.2) is 5.82 Å². The highest BCUT2D eigenvalue weighted by molar-refractivity contribution is 5.69. The molecule has 0 atom stereocenters. The van der Waals surface area contributed by atoms with E-state index < -0.39 is 5.69 Å². The van der Waals surface area contributed by atoms with Crippen LogP contribution in [0.5, 0.6) is 11.5 Å². The number of phenolic OH excluding ortho intramolecular Hbond substituents is 2. The van der Waals surface area contributed by atoms with Crippen LogP contribution >= 0.6 is 0 Å². The Morgan fingerprint density at radius 2 is 1.80 bits per heavy atom. The van der Waals surface area contributed by atoms with E-state index in [1.54, 1.807) is 6.07 Å². The molecule has 1 aromatic heterocycles. The third-order valence-corrected chi connectivity index (χ3v) is 5.27. The molecule has 3 N–H and O–H groups in total. The van der Waals surface area contributed by atoms with Gasteiger partial charge in [0, 0.05) is 12.6 Å². The number of aromatic hydroxyl groups is 2. The molecule has 2 aromatic carbocycles. The van der Waals surface area contributed by atoms with Crippen LogP contribution < -0.4 is 5.69 Å². The molecule has 0 spiro atoms. The van der Waals surface area contributed by atoms with Crippen LogP contribution in [0.2, 0.25) is 0 Å². The van der Waals surface area contributed by atoms with Crippen LogP contribution in [0.4, 0.5) is 0 Å². The van der Waals surface area contributed by atoms with Crippen molar-refractivity contribution in [3.63, 3.8) is 0 Å². The Kier molecular flexibility index (Phi) is 6.62. The Labute approximate surface area is 176 Å². The minimum atomic E-state index is -0.391. The summed E-state index contributed by atoms with van der Waals surface area (Å²) in [6, 6.07) is 10.8. The van der Waals surface area contributed by atoms with Crippen molar-refractivity contribution in [3.05, 3.63) is 58.0 Å². The van der Waals surface area contributed by atoms with E-state index in [9.17, 15) is 15.0 Å². The molecule has 3 aromatic rings. The summed E-state index contributed by atoms with van der Waals surface area (Å²) in [5.41, 5.74) is 2.50. The second-order valence-corrected chi connectivity index (χ2v) is 7.81. The summed E-state index contributed by atoms with van der Waals surface area (Å²) in [5, 5.41) is 27.2. The van der Waals surface area contributed by atoms with E-state index in [-0.39, 0.29) is 17.4 Å². The van der Waals surface area contributed by atoms with E-state index in [1.165, 1.54) is 16.2 Å². The van der Waals surface area contributed by atoms with E-state index >= 15 is 0 Å². The number of rotatable bonds is 8. The SMILES string of the molecule is CCCN(CC)Cc1ccc(-n2c(-c3cc(C(C)C)c(O)cc3O)n[nH]c2=O)cc1. The Hall–Kier alpha value is -3.06. The topological polar surface area (TPSA) is 94.4 Å². The molecule has 0 amide bonds. The molecule has 0 unspecified atom stereocenters. The van der Waals surface area contributed by atoms with Crippen LogP contribution in [0.1, 0.15) is 51.2 Å². The summed E-state index contributed by atoms with van der Waals surface area (Å²) in [7, 11) is 0. The maximum absolute atomic E-state index is 12.5. The van der Waals surface area contributed by atoms with Crippen molar-refractivity contribution in [2.24, 2.45) is 0 Å². The number of nitrogens with one attached hydrogen (secondary N) is 1. The molecule has 7 heteroatoms. The summed E-state index contributed by atoms with van der Waals surface area (Å²) in [5.74, 6) is 0.236. The van der Waals surface area contributed by atoms with Crippen LogP contribution in [0.15, 0.2) is 41.2 Å². The van der Waals surface area contributed by atoms with Gasteiger partial charge >= 0.3 is 5.69 Å². The van der Waals surface area contributed by atoms with Crippen LogP contribution in [0.3, 0.4) is 0 Å². The predicted molar refractivity (Wildman–Crippen MR) is 118 cm³/mol. The summed E-state index contributed by atoms with van der Waals surface area (Å²) in [4.78, 5) is 14.9. The summed E-state index contributed by atoms with van der Waals surface area (Å²) in [6.45, 7) is 11.1. The Bertz CT molecular complexity index is 1050. The van der Waals surface area contributed by atoms with Crippen LogP contribution in [-0.4, -0.2) is 43.0 Å². The first kappa shape index (κ1) is 21.6. The van der Waals surface area contributed by atoms with Gasteiger partial charge in [-0.1, -0.05) is 39.8 Å². The lowest BCUT2D eigenvalue weighted by Gasteiger charge is -2.19. The van der Waals surface area contributed by atoms with Crippen molar-refractivity contribution in [1.82, 2.24) is 19.7 Å². The average molecular weight is 411 g/mol. The average Bonchev–Trinajstić information content (AvgIpc) is 3.09. The van der Waals surface area contributed by atoms with Crippen LogP contribution in [0, 0.1) is 0 Å². The standard InChI is InChI=1S/C23H30N4O3/c1-5-11-26(6-2)14-16-7-9-17(10-8-16)27-22(24-25-23(27)30)19-12-18(15(3)4)20(28)13-21(19)29/h7-10,12-13,15,28-29H,5-6,11,14H2,1-4H3,(H,25,30). The van der Waals surface area contributed by atoms with E-state index in [2.05, 4.69) is 28.9 Å². The lowest BCUT2D eigenvalue weighted by atomic mass is 9.98. The first-order valence-corrected chi connectivity index (χ1v) is 10.4. The maximum atomic E-state index is 12.5. The molecule has 0 aliphatic carbocycles. The van der Waals surface area contributed by atoms with Crippen molar-refractivity contribution in [2.45, 2.75) is 46.6 Å². The molecule has 0 fully saturated rings.